The SMILES string of the molecule is COc1cc(CCN)ccc1OCC(F)(F)F. The lowest BCUT2D eigenvalue weighted by molar-refractivity contribution is -0.153. The first-order chi connectivity index (χ1) is 7.96. The Bertz CT molecular complexity index is 366. The molecule has 0 fully saturated rings. The van der Waals surface area contributed by atoms with Crippen molar-refractivity contribution >= 4 is 0 Å². The number of nitrogens with two attached hydrogens (primary N) is 1. The molecular formula is C11H14F3NO2. The van der Waals surface area contributed by atoms with Crippen LogP contribution in [0.1, 0.15) is 5.56 Å². The van der Waals surface area contributed by atoms with Gasteiger partial charge in [0.25, 0.3) is 0 Å². The fourth-order valence-corrected chi connectivity index (χ4v) is 1.31. The van der Waals surface area contributed by atoms with Gasteiger partial charge < -0.3 is 15.2 Å². The quantitative estimate of drug-likeness (QED) is 0.869. The predicted molar refractivity (Wildman–Crippen MR) is 57.3 cm³/mol. The largest absolute Gasteiger partial charge is 0.493 e. The van der Waals surface area contributed by atoms with E-state index in [0.717, 1.165) is 5.56 Å². The maximum Gasteiger partial charge on any atom is 0.422 e. The molecular weight excluding hydrogens is 235 g/mol. The van der Waals surface area contributed by atoms with E-state index in [-0.39, 0.29) is 11.5 Å². The summed E-state index contributed by atoms with van der Waals surface area (Å²) in [6, 6.07) is 4.75. The second-order valence-electron chi connectivity index (χ2n) is 3.43. The number of methoxy groups -OCH3 is 1. The van der Waals surface area contributed by atoms with Gasteiger partial charge in [-0.2, -0.15) is 13.2 Å². The topological polar surface area (TPSA) is 44.5 Å². The minimum absolute atomic E-state index is 0.0746. The van der Waals surface area contributed by atoms with Crippen molar-refractivity contribution < 1.29 is 22.6 Å². The summed E-state index contributed by atoms with van der Waals surface area (Å²) in [5, 5.41) is 0. The zero-order valence-corrected chi connectivity index (χ0v) is 9.38. The van der Waals surface area contributed by atoms with Gasteiger partial charge in [0.15, 0.2) is 18.1 Å². The van der Waals surface area contributed by atoms with Gasteiger partial charge in [-0.05, 0) is 30.7 Å². The second-order valence-corrected chi connectivity index (χ2v) is 3.43. The molecule has 1 aromatic rings. The zero-order valence-electron chi connectivity index (χ0n) is 9.38. The van der Waals surface area contributed by atoms with Crippen LogP contribution in [-0.2, 0) is 6.42 Å². The minimum Gasteiger partial charge on any atom is -0.493 e. The van der Waals surface area contributed by atoms with E-state index >= 15 is 0 Å². The van der Waals surface area contributed by atoms with Crippen molar-refractivity contribution in [1.82, 2.24) is 0 Å². The Balaban J connectivity index is 2.78. The van der Waals surface area contributed by atoms with Crippen LogP contribution in [0.15, 0.2) is 18.2 Å². The number of hydrogen-bond donors (Lipinski definition) is 1. The lowest BCUT2D eigenvalue weighted by Gasteiger charge is -2.13. The van der Waals surface area contributed by atoms with Crippen LogP contribution in [0.2, 0.25) is 0 Å². The van der Waals surface area contributed by atoms with Gasteiger partial charge in [0.1, 0.15) is 0 Å². The van der Waals surface area contributed by atoms with Crippen LogP contribution in [0, 0.1) is 0 Å². The van der Waals surface area contributed by atoms with Crippen LogP contribution in [0.25, 0.3) is 0 Å². The maximum absolute atomic E-state index is 12.0. The molecule has 3 nitrogen and oxygen atoms in total. The third-order valence-corrected chi connectivity index (χ3v) is 2.05. The van der Waals surface area contributed by atoms with Crippen molar-refractivity contribution in [2.45, 2.75) is 12.6 Å². The van der Waals surface area contributed by atoms with Crippen LogP contribution >= 0.6 is 0 Å². The molecule has 0 aliphatic rings. The highest BCUT2D eigenvalue weighted by atomic mass is 19.4. The summed E-state index contributed by atoms with van der Waals surface area (Å²) in [5.41, 5.74) is 6.28. The number of halogens is 3. The first kappa shape index (κ1) is 13.6. The van der Waals surface area contributed by atoms with Gasteiger partial charge in [-0.15, -0.1) is 0 Å². The molecule has 0 aromatic heterocycles. The summed E-state index contributed by atoms with van der Waals surface area (Å²) in [6.45, 7) is -0.870. The lowest BCUT2D eigenvalue weighted by atomic mass is 10.1. The Hall–Kier alpha value is -1.43. The molecule has 0 atom stereocenters. The van der Waals surface area contributed by atoms with Crippen LogP contribution < -0.4 is 15.2 Å². The van der Waals surface area contributed by atoms with Gasteiger partial charge in [-0.3, -0.25) is 0 Å². The molecule has 0 aliphatic heterocycles. The predicted octanol–water partition coefficient (Wildman–Crippen LogP) is 2.14. The van der Waals surface area contributed by atoms with Crippen molar-refractivity contribution in [3.63, 3.8) is 0 Å². The van der Waals surface area contributed by atoms with Crippen LogP contribution in [0.3, 0.4) is 0 Å². The number of ether oxygens (including phenoxy) is 2. The van der Waals surface area contributed by atoms with Crippen molar-refractivity contribution in [3.05, 3.63) is 23.8 Å². The average Bonchev–Trinajstić information content (AvgIpc) is 2.26. The van der Waals surface area contributed by atoms with E-state index in [9.17, 15) is 13.2 Å². The zero-order chi connectivity index (χ0) is 12.9. The molecule has 0 spiro atoms. The molecule has 0 saturated heterocycles. The molecule has 0 saturated carbocycles. The fourth-order valence-electron chi connectivity index (χ4n) is 1.31. The molecule has 6 heteroatoms. The molecule has 17 heavy (non-hydrogen) atoms. The molecule has 0 aliphatic carbocycles. The number of hydrogen-bond acceptors (Lipinski definition) is 3. The van der Waals surface area contributed by atoms with E-state index in [4.69, 9.17) is 10.5 Å². The Kier molecular flexibility index (Phi) is 4.62. The van der Waals surface area contributed by atoms with Gasteiger partial charge >= 0.3 is 6.18 Å². The summed E-state index contributed by atoms with van der Waals surface area (Å²) in [4.78, 5) is 0. The summed E-state index contributed by atoms with van der Waals surface area (Å²) in [7, 11) is 1.38. The Morgan fingerprint density at radius 1 is 1.24 bits per heavy atom. The van der Waals surface area contributed by atoms with Crippen molar-refractivity contribution in [2.24, 2.45) is 5.73 Å². The second kappa shape index (κ2) is 5.77. The van der Waals surface area contributed by atoms with E-state index in [1.54, 1.807) is 12.1 Å². The minimum atomic E-state index is -4.36. The highest BCUT2D eigenvalue weighted by Crippen LogP contribution is 2.29. The van der Waals surface area contributed by atoms with Crippen molar-refractivity contribution in [3.8, 4) is 11.5 Å². The maximum atomic E-state index is 12.0. The molecule has 2 N–H and O–H groups in total. The molecule has 96 valence electrons. The Morgan fingerprint density at radius 3 is 2.47 bits per heavy atom. The number of benzene rings is 1. The van der Waals surface area contributed by atoms with Gasteiger partial charge in [0.05, 0.1) is 7.11 Å². The van der Waals surface area contributed by atoms with Gasteiger partial charge in [0.2, 0.25) is 0 Å². The van der Waals surface area contributed by atoms with Gasteiger partial charge in [-0.1, -0.05) is 6.07 Å². The normalized spacial score (nSPS) is 11.4. The molecule has 0 heterocycles. The fraction of sp³-hybridized carbons (Fsp3) is 0.455. The van der Waals surface area contributed by atoms with Crippen molar-refractivity contribution in [2.75, 3.05) is 20.3 Å². The van der Waals surface area contributed by atoms with Gasteiger partial charge in [-0.25, -0.2) is 0 Å². The number of rotatable bonds is 5. The van der Waals surface area contributed by atoms with E-state index in [1.165, 1.54) is 13.2 Å². The molecule has 1 rings (SSSR count). The third kappa shape index (κ3) is 4.52. The van der Waals surface area contributed by atoms with Crippen LogP contribution in [-0.4, -0.2) is 26.4 Å². The summed E-state index contributed by atoms with van der Waals surface area (Å²) in [5.74, 6) is 0.353. The molecule has 0 radical (unpaired) electrons. The van der Waals surface area contributed by atoms with Crippen LogP contribution in [0.5, 0.6) is 11.5 Å². The third-order valence-electron chi connectivity index (χ3n) is 2.05. The van der Waals surface area contributed by atoms with Crippen molar-refractivity contribution in [1.29, 1.82) is 0 Å². The first-order valence-corrected chi connectivity index (χ1v) is 5.03. The monoisotopic (exact) mass is 249 g/mol. The lowest BCUT2D eigenvalue weighted by Crippen LogP contribution is -2.19. The molecule has 0 unspecified atom stereocenters. The summed E-state index contributed by atoms with van der Waals surface area (Å²) in [6.07, 6.45) is -3.73. The Labute approximate surface area is 97.3 Å². The summed E-state index contributed by atoms with van der Waals surface area (Å²) < 4.78 is 45.6. The smallest absolute Gasteiger partial charge is 0.422 e. The van der Waals surface area contributed by atoms with E-state index in [2.05, 4.69) is 4.74 Å². The summed E-state index contributed by atoms with van der Waals surface area (Å²) >= 11 is 0. The Morgan fingerprint density at radius 2 is 1.94 bits per heavy atom. The average molecular weight is 249 g/mol. The van der Waals surface area contributed by atoms with E-state index in [1.807, 2.05) is 0 Å². The molecule has 0 amide bonds. The van der Waals surface area contributed by atoms with E-state index in [0.29, 0.717) is 13.0 Å². The van der Waals surface area contributed by atoms with E-state index < -0.39 is 12.8 Å². The first-order valence-electron chi connectivity index (χ1n) is 5.03. The van der Waals surface area contributed by atoms with Gasteiger partial charge in [0, 0.05) is 0 Å². The highest BCUT2D eigenvalue weighted by molar-refractivity contribution is 5.43. The molecule has 1 aromatic carbocycles. The standard InChI is InChI=1S/C11H14F3NO2/c1-16-10-6-8(4-5-15)2-3-9(10)17-7-11(12,13)14/h2-3,6H,4-5,7,15H2,1H3. The van der Waals surface area contributed by atoms with Crippen LogP contribution in [0.4, 0.5) is 13.2 Å². The highest BCUT2D eigenvalue weighted by Gasteiger charge is 2.28. The molecule has 0 bridgehead atoms. The number of alkyl halides is 3.